The van der Waals surface area contributed by atoms with Crippen LogP contribution in [0.2, 0.25) is 0 Å². The van der Waals surface area contributed by atoms with E-state index in [1.165, 1.54) is 10.9 Å². The summed E-state index contributed by atoms with van der Waals surface area (Å²) in [5, 5.41) is 2.33. The maximum Gasteiger partial charge on any atom is 0.415 e. The number of H-pyrrole nitrogens is 1. The fraction of sp³-hybridized carbons (Fsp3) is 0.720. The van der Waals surface area contributed by atoms with Gasteiger partial charge in [0.25, 0.3) is 5.56 Å². The molecule has 1 amide bonds. The summed E-state index contributed by atoms with van der Waals surface area (Å²) in [6.07, 6.45) is 3.88. The number of carbonyl (C=O) groups is 2. The lowest BCUT2D eigenvalue weighted by molar-refractivity contribution is -0.148. The summed E-state index contributed by atoms with van der Waals surface area (Å²) in [4.78, 5) is 68.9. The Labute approximate surface area is 270 Å². The van der Waals surface area contributed by atoms with Crippen LogP contribution in [0.1, 0.15) is 65.5 Å². The molecule has 0 aromatic carbocycles. The van der Waals surface area contributed by atoms with Gasteiger partial charge in [0, 0.05) is 6.54 Å². The van der Waals surface area contributed by atoms with Crippen molar-refractivity contribution in [1.82, 2.24) is 29.3 Å². The molecule has 5 atom stereocenters. The van der Waals surface area contributed by atoms with Crippen LogP contribution in [0.25, 0.3) is 11.2 Å². The number of anilines is 1. The van der Waals surface area contributed by atoms with E-state index in [4.69, 9.17) is 35.9 Å². The zero-order chi connectivity index (χ0) is 34.1. The van der Waals surface area contributed by atoms with Crippen LogP contribution in [0.3, 0.4) is 0 Å². The average Bonchev–Trinajstić information content (AvgIpc) is 3.64. The average molecular weight is 714 g/mol. The number of fused-ring (bicyclic) bond motifs is 1. The van der Waals surface area contributed by atoms with Crippen molar-refractivity contribution >= 4 is 56.1 Å². The van der Waals surface area contributed by atoms with E-state index in [0.717, 1.165) is 32.6 Å². The highest BCUT2D eigenvalue weighted by Gasteiger charge is 2.51. The Balaban J connectivity index is 1.74. The predicted molar refractivity (Wildman–Crippen MR) is 167 cm³/mol. The fourth-order valence-corrected chi connectivity index (χ4v) is 8.53. The Morgan fingerprint density at radius 2 is 1.91 bits per heavy atom. The van der Waals surface area contributed by atoms with E-state index in [1.807, 2.05) is 13.8 Å². The Morgan fingerprint density at radius 3 is 2.57 bits per heavy atom. The maximum absolute atomic E-state index is 13.6. The van der Waals surface area contributed by atoms with Gasteiger partial charge < -0.3 is 30.3 Å². The van der Waals surface area contributed by atoms with Crippen molar-refractivity contribution in [3.05, 3.63) is 16.7 Å². The zero-order valence-electron chi connectivity index (χ0n) is 25.9. The second-order valence-corrected chi connectivity index (χ2v) is 14.7. The van der Waals surface area contributed by atoms with Crippen LogP contribution < -0.4 is 16.6 Å². The van der Waals surface area contributed by atoms with Crippen molar-refractivity contribution in [2.45, 2.75) is 77.7 Å². The molecule has 0 saturated carbocycles. The molecule has 46 heavy (non-hydrogen) atoms. The molecule has 3 heterocycles. The van der Waals surface area contributed by atoms with Crippen molar-refractivity contribution in [1.29, 1.82) is 0 Å². The molecule has 0 spiro atoms. The number of carbonyl (C=O) groups excluding carboxylic acids is 2. The summed E-state index contributed by atoms with van der Waals surface area (Å²) in [5.41, 5.74) is 5.36. The van der Waals surface area contributed by atoms with E-state index in [0.29, 0.717) is 12.8 Å². The van der Waals surface area contributed by atoms with Crippen LogP contribution in [0, 0.1) is 5.92 Å². The molecule has 0 radical (unpaired) electrons. The molecule has 1 fully saturated rings. The van der Waals surface area contributed by atoms with E-state index >= 15 is 0 Å². The highest BCUT2D eigenvalue weighted by Crippen LogP contribution is 2.65. The van der Waals surface area contributed by atoms with Gasteiger partial charge >= 0.3 is 21.5 Å². The Morgan fingerprint density at radius 1 is 1.24 bits per heavy atom. The number of aromatic amines is 1. The van der Waals surface area contributed by atoms with Gasteiger partial charge in [-0.1, -0.05) is 31.1 Å². The van der Waals surface area contributed by atoms with Crippen molar-refractivity contribution in [3.63, 3.8) is 0 Å². The molecule has 2 aromatic heterocycles. The number of nitrogens with zero attached hydrogens (tertiary/aromatic N) is 4. The molecule has 0 aliphatic carbocycles. The fourth-order valence-electron chi connectivity index (χ4n) is 4.99. The van der Waals surface area contributed by atoms with E-state index in [9.17, 15) is 33.3 Å². The molecule has 260 valence electrons. The largest absolute Gasteiger partial charge is 0.464 e. The highest BCUT2D eigenvalue weighted by molar-refractivity contribution is 7.66. The molecule has 21 heteroatoms. The van der Waals surface area contributed by atoms with Gasteiger partial charge in [-0.15, -0.1) is 11.6 Å². The lowest BCUT2D eigenvalue weighted by Gasteiger charge is -2.33. The minimum Gasteiger partial charge on any atom is -0.464 e. The number of nitrogens with one attached hydrogen (secondary N) is 2. The zero-order valence-corrected chi connectivity index (χ0v) is 28.4. The number of nitrogen functional groups attached to an aromatic ring is 1. The number of rotatable bonds is 19. The second kappa shape index (κ2) is 17.1. The van der Waals surface area contributed by atoms with Crippen molar-refractivity contribution < 1.29 is 47.0 Å². The molecule has 3 rings (SSSR count). The molecule has 1 aliphatic rings. The molecular weight excluding hydrogens is 672 g/mol. The Hall–Kier alpha value is -2.40. The molecule has 1 saturated heterocycles. The first kappa shape index (κ1) is 38.1. The number of nitrogens with two attached hydrogens (primary N) is 1. The molecule has 2 aromatic rings. The third kappa shape index (κ3) is 10.1. The molecule has 0 bridgehead atoms. The number of hydrogen-bond acceptors (Lipinski definition) is 12. The van der Waals surface area contributed by atoms with Gasteiger partial charge in [-0.2, -0.15) is 4.98 Å². The number of halogens is 1. The monoisotopic (exact) mass is 713 g/mol. The van der Waals surface area contributed by atoms with Crippen molar-refractivity contribution in [2.75, 3.05) is 38.0 Å². The minimum atomic E-state index is -5.25. The van der Waals surface area contributed by atoms with Gasteiger partial charge in [-0.3, -0.25) is 33.0 Å². The van der Waals surface area contributed by atoms with Crippen LogP contribution in [0.15, 0.2) is 11.1 Å². The quantitative estimate of drug-likeness (QED) is 0.0607. The third-order valence-corrected chi connectivity index (χ3v) is 11.5. The van der Waals surface area contributed by atoms with Gasteiger partial charge in [0.1, 0.15) is 18.1 Å². The highest BCUT2D eigenvalue weighted by atomic mass is 35.5. The number of imidazole rings is 1. The minimum absolute atomic E-state index is 0.0168. The van der Waals surface area contributed by atoms with E-state index in [2.05, 4.69) is 20.3 Å². The molecule has 18 nitrogen and oxygen atoms in total. The SMILES string of the molecule is CCCC(CCC)COC(=O)[C@H](C)N(P(=O)(O)OCCNC(=O)CCl)P(=O)(O)OC[C@@H]1CC[C@H](n2cnc3c(=O)[nH]c(N)nc32)O1. The number of esters is 1. The Bertz CT molecular complexity index is 1490. The first-order valence-electron chi connectivity index (χ1n) is 14.9. The smallest absolute Gasteiger partial charge is 0.415 e. The van der Waals surface area contributed by atoms with E-state index in [-0.39, 0.29) is 46.5 Å². The lowest BCUT2D eigenvalue weighted by atomic mass is 9.99. The van der Waals surface area contributed by atoms with Gasteiger partial charge in [0.05, 0.1) is 32.3 Å². The second-order valence-electron chi connectivity index (χ2n) is 10.7. The normalized spacial score (nSPS) is 20.1. The summed E-state index contributed by atoms with van der Waals surface area (Å²) < 4.78 is 50.1. The first-order chi connectivity index (χ1) is 21.7. The lowest BCUT2D eigenvalue weighted by Crippen LogP contribution is -2.38. The Kier molecular flexibility index (Phi) is 14.2. The standard InChI is InChI=1S/C25H42ClN7O11P2/c1-4-6-17(7-5-2)13-41-24(36)16(3)33(45(37,38)42-11-10-28-19(34)12-26)46(39,40)43-14-18-8-9-20(44-18)32-15-29-21-22(32)30-25(27)31-23(21)35/h15-18,20H,4-14H2,1-3H3,(H,28,34)(H,37,38)(H,39,40)(H3,27,30,31,35)/t16-,18-,20+/m0/s1. The number of hydrogen-bond donors (Lipinski definition) is 5. The van der Waals surface area contributed by atoms with Crippen molar-refractivity contribution in [2.24, 2.45) is 5.92 Å². The third-order valence-electron chi connectivity index (χ3n) is 7.14. The van der Waals surface area contributed by atoms with Crippen molar-refractivity contribution in [3.8, 4) is 0 Å². The number of alkyl halides is 1. The van der Waals surface area contributed by atoms with Gasteiger partial charge in [0.15, 0.2) is 11.2 Å². The predicted octanol–water partition coefficient (Wildman–Crippen LogP) is 2.42. The molecule has 6 N–H and O–H groups in total. The first-order valence-corrected chi connectivity index (χ1v) is 18.4. The van der Waals surface area contributed by atoms with E-state index in [1.54, 1.807) is 0 Å². The summed E-state index contributed by atoms with van der Waals surface area (Å²) in [5.74, 6) is -2.03. The summed E-state index contributed by atoms with van der Waals surface area (Å²) >= 11 is 5.42. The summed E-state index contributed by atoms with van der Waals surface area (Å²) in [7, 11) is -10.5. The summed E-state index contributed by atoms with van der Waals surface area (Å²) in [6.45, 7) is 3.79. The molecule has 1 aliphatic heterocycles. The molecule has 2 unspecified atom stereocenters. The van der Waals surface area contributed by atoms with Crippen LogP contribution in [-0.2, 0) is 37.2 Å². The van der Waals surface area contributed by atoms with Crippen LogP contribution in [0.5, 0.6) is 0 Å². The number of ether oxygens (including phenoxy) is 2. The topological polar surface area (TPSA) is 251 Å². The maximum atomic E-state index is 13.6. The number of amides is 1. The van der Waals surface area contributed by atoms with Crippen LogP contribution in [-0.4, -0.2) is 90.0 Å². The summed E-state index contributed by atoms with van der Waals surface area (Å²) in [6, 6.07) is -1.75. The van der Waals surface area contributed by atoms with Gasteiger partial charge in [-0.05, 0) is 38.5 Å². The van der Waals surface area contributed by atoms with Gasteiger partial charge in [0.2, 0.25) is 11.9 Å². The van der Waals surface area contributed by atoms with Crippen LogP contribution in [0.4, 0.5) is 5.95 Å². The number of aromatic nitrogens is 4. The van der Waals surface area contributed by atoms with Crippen LogP contribution >= 0.6 is 27.1 Å². The molecular formula is C25H42ClN7O11P2. The van der Waals surface area contributed by atoms with Gasteiger partial charge in [-0.25, -0.2) is 14.1 Å². The van der Waals surface area contributed by atoms with E-state index < -0.39 is 64.5 Å².